The third kappa shape index (κ3) is 1.13. The van der Waals surface area contributed by atoms with Gasteiger partial charge in [-0.2, -0.15) is 0 Å². The third-order valence-electron chi connectivity index (χ3n) is 2.20. The lowest BCUT2D eigenvalue weighted by molar-refractivity contribution is -0.116. The highest BCUT2D eigenvalue weighted by molar-refractivity contribution is 7.99. The van der Waals surface area contributed by atoms with Gasteiger partial charge in [-0.1, -0.05) is 0 Å². The van der Waals surface area contributed by atoms with Crippen LogP contribution in [0.25, 0.3) is 0 Å². The summed E-state index contributed by atoms with van der Waals surface area (Å²) in [6.07, 6.45) is 1.17. The minimum Gasteiger partial charge on any atom is -0.336 e. The summed E-state index contributed by atoms with van der Waals surface area (Å²) in [7, 11) is 0. The summed E-state index contributed by atoms with van der Waals surface area (Å²) in [5.41, 5.74) is 2.07. The number of ketones is 1. The van der Waals surface area contributed by atoms with Gasteiger partial charge < -0.3 is 4.90 Å². The topological polar surface area (TPSA) is 76.4 Å². The molecule has 0 radical (unpaired) electrons. The van der Waals surface area contributed by atoms with Gasteiger partial charge in [-0.25, -0.2) is 0 Å². The number of thioether (sulfide) groups is 1. The van der Waals surface area contributed by atoms with E-state index < -0.39 is 0 Å². The van der Waals surface area contributed by atoms with E-state index in [1.54, 1.807) is 22.1 Å². The Hall–Kier alpha value is -1.01. The molecule has 2 fully saturated rings. The fourth-order valence-electron chi connectivity index (χ4n) is 1.54. The number of rotatable bonds is 1. The van der Waals surface area contributed by atoms with Gasteiger partial charge in [-0.05, 0) is 0 Å². The van der Waals surface area contributed by atoms with Crippen LogP contribution in [0.4, 0.5) is 0 Å². The van der Waals surface area contributed by atoms with Crippen molar-refractivity contribution >= 4 is 23.4 Å². The molecule has 0 amide bonds. The maximum absolute atomic E-state index is 11.6. The van der Waals surface area contributed by atoms with Crippen LogP contribution >= 0.6 is 11.8 Å². The second-order valence-electron chi connectivity index (χ2n) is 2.89. The van der Waals surface area contributed by atoms with Gasteiger partial charge in [-0.15, -0.1) is 11.8 Å². The van der Waals surface area contributed by atoms with E-state index in [0.717, 1.165) is 5.75 Å². The van der Waals surface area contributed by atoms with Crippen LogP contribution in [0.2, 0.25) is 0 Å². The Morgan fingerprint density at radius 1 is 1.77 bits per heavy atom. The lowest BCUT2D eigenvalue weighted by Crippen LogP contribution is -2.30. The van der Waals surface area contributed by atoms with E-state index in [-0.39, 0.29) is 23.2 Å². The monoisotopic (exact) mass is 199 g/mol. The first-order valence-electron chi connectivity index (χ1n) is 3.83. The van der Waals surface area contributed by atoms with E-state index in [1.807, 2.05) is 0 Å². The average Bonchev–Trinajstić information content (AvgIpc) is 2.66. The number of carbonyl (C=O) groups excluding carboxylic acids is 1. The Balaban J connectivity index is 2.31. The number of Topliss-reactive ketones (excluding diaryl/α,β-unsaturated/α-hetero) is 1. The maximum Gasteiger partial charge on any atom is 0.191 e. The zero-order valence-corrected chi connectivity index (χ0v) is 7.60. The van der Waals surface area contributed by atoms with E-state index >= 15 is 0 Å². The van der Waals surface area contributed by atoms with Crippen molar-refractivity contribution in [3.63, 3.8) is 0 Å². The molecule has 0 aromatic carbocycles. The van der Waals surface area contributed by atoms with Gasteiger partial charge >= 0.3 is 0 Å². The van der Waals surface area contributed by atoms with Crippen LogP contribution in [0, 0.1) is 5.41 Å². The zero-order valence-electron chi connectivity index (χ0n) is 6.78. The van der Waals surface area contributed by atoms with Crippen LogP contribution < -0.4 is 5.48 Å². The highest BCUT2D eigenvalue weighted by Gasteiger charge is 2.43. The molecule has 13 heavy (non-hydrogen) atoms. The number of amidine groups is 1. The Labute approximate surface area is 79.3 Å². The highest BCUT2D eigenvalue weighted by Crippen LogP contribution is 2.30. The third-order valence-corrected chi connectivity index (χ3v) is 3.21. The van der Waals surface area contributed by atoms with E-state index in [1.165, 1.54) is 6.20 Å². The van der Waals surface area contributed by atoms with Crippen molar-refractivity contribution in [1.82, 2.24) is 10.4 Å². The van der Waals surface area contributed by atoms with Crippen molar-refractivity contribution in [2.24, 2.45) is 0 Å². The second kappa shape index (κ2) is 3.04. The van der Waals surface area contributed by atoms with Gasteiger partial charge in [0, 0.05) is 12.0 Å². The lowest BCUT2D eigenvalue weighted by Gasteiger charge is -2.12. The summed E-state index contributed by atoms with van der Waals surface area (Å²) in [6.45, 7) is 0. The van der Waals surface area contributed by atoms with Crippen LogP contribution in [-0.4, -0.2) is 39.4 Å². The molecule has 0 aromatic rings. The Morgan fingerprint density at radius 2 is 2.54 bits per heavy atom. The Bertz CT molecular complexity index is 278. The van der Waals surface area contributed by atoms with Crippen molar-refractivity contribution in [3.05, 3.63) is 11.8 Å². The van der Waals surface area contributed by atoms with Crippen molar-refractivity contribution < 1.29 is 10.0 Å². The molecule has 2 aliphatic rings. The van der Waals surface area contributed by atoms with Gasteiger partial charge in [0.1, 0.15) is 11.9 Å². The molecule has 0 spiro atoms. The predicted octanol–water partition coefficient (Wildman–Crippen LogP) is -0.216. The molecule has 0 saturated carbocycles. The van der Waals surface area contributed by atoms with Crippen LogP contribution in [0.3, 0.4) is 0 Å². The minimum atomic E-state index is -0.183. The molecule has 2 aliphatic heterocycles. The number of hydrogen-bond donors (Lipinski definition) is 3. The predicted molar refractivity (Wildman–Crippen MR) is 48.7 cm³/mol. The molecular formula is C7H9N3O2S. The maximum atomic E-state index is 11.6. The number of carbonyl (C=O) groups is 1. The first kappa shape index (κ1) is 8.58. The second-order valence-corrected chi connectivity index (χ2v) is 3.89. The number of hydroxylamine groups is 1. The van der Waals surface area contributed by atoms with E-state index in [4.69, 9.17) is 10.6 Å². The highest BCUT2D eigenvalue weighted by atomic mass is 32.2. The largest absolute Gasteiger partial charge is 0.336 e. The van der Waals surface area contributed by atoms with Crippen LogP contribution in [-0.2, 0) is 4.79 Å². The quantitative estimate of drug-likeness (QED) is 0.402. The van der Waals surface area contributed by atoms with Crippen molar-refractivity contribution in [1.29, 1.82) is 5.41 Å². The molecule has 0 bridgehead atoms. The molecule has 1 atom stereocenters. The standard InChI is InChI=1S/C7H9N3O2S/c8-7-4(1-9-12)6(11)5-2-13-3-10(5)7/h1,5,8-9,12H,2-3H2/b4-1+,8-7?. The fourth-order valence-corrected chi connectivity index (χ4v) is 2.70. The number of fused-ring (bicyclic) bond motifs is 1. The van der Waals surface area contributed by atoms with Crippen LogP contribution in [0.5, 0.6) is 0 Å². The Morgan fingerprint density at radius 3 is 3.15 bits per heavy atom. The van der Waals surface area contributed by atoms with Crippen LogP contribution in [0.1, 0.15) is 0 Å². The van der Waals surface area contributed by atoms with Gasteiger partial charge in [-0.3, -0.25) is 20.9 Å². The summed E-state index contributed by atoms with van der Waals surface area (Å²) in [5, 5.41) is 16.1. The summed E-state index contributed by atoms with van der Waals surface area (Å²) < 4.78 is 0. The van der Waals surface area contributed by atoms with Gasteiger partial charge in [0.05, 0.1) is 11.4 Å². The number of hydrogen-bond acceptors (Lipinski definition) is 5. The molecule has 2 saturated heterocycles. The normalized spacial score (nSPS) is 30.1. The SMILES string of the molecule is N=C1/C(=C/NO)C(=O)C2CSCN12. The Kier molecular flexibility index (Phi) is 2.01. The van der Waals surface area contributed by atoms with Crippen molar-refractivity contribution in [2.45, 2.75) is 6.04 Å². The summed E-state index contributed by atoms with van der Waals surface area (Å²) >= 11 is 1.65. The zero-order chi connectivity index (χ0) is 9.42. The van der Waals surface area contributed by atoms with Gasteiger partial charge in [0.25, 0.3) is 0 Å². The molecule has 5 nitrogen and oxygen atoms in total. The molecular weight excluding hydrogens is 190 g/mol. The molecule has 0 aromatic heterocycles. The first-order valence-corrected chi connectivity index (χ1v) is 4.98. The summed E-state index contributed by atoms with van der Waals surface area (Å²) in [4.78, 5) is 13.3. The smallest absolute Gasteiger partial charge is 0.191 e. The van der Waals surface area contributed by atoms with Crippen molar-refractivity contribution in [3.8, 4) is 0 Å². The summed E-state index contributed by atoms with van der Waals surface area (Å²) in [6, 6.07) is -0.183. The van der Waals surface area contributed by atoms with Crippen molar-refractivity contribution in [2.75, 3.05) is 11.6 Å². The average molecular weight is 199 g/mol. The molecule has 70 valence electrons. The van der Waals surface area contributed by atoms with Gasteiger partial charge in [0.2, 0.25) is 0 Å². The molecule has 6 heteroatoms. The number of nitrogens with zero attached hydrogens (tertiary/aromatic N) is 1. The molecule has 1 unspecified atom stereocenters. The lowest BCUT2D eigenvalue weighted by atomic mass is 10.1. The van der Waals surface area contributed by atoms with Crippen LogP contribution in [0.15, 0.2) is 11.8 Å². The molecule has 2 heterocycles. The number of nitrogens with one attached hydrogen (secondary N) is 2. The van der Waals surface area contributed by atoms with E-state index in [9.17, 15) is 4.79 Å². The van der Waals surface area contributed by atoms with E-state index in [0.29, 0.717) is 5.88 Å². The molecule has 0 aliphatic carbocycles. The first-order chi connectivity index (χ1) is 6.25. The molecule has 3 N–H and O–H groups in total. The van der Waals surface area contributed by atoms with E-state index in [2.05, 4.69) is 0 Å². The van der Waals surface area contributed by atoms with Gasteiger partial charge in [0.15, 0.2) is 5.78 Å². The fraction of sp³-hybridized carbons (Fsp3) is 0.429. The minimum absolute atomic E-state index is 0.0726. The summed E-state index contributed by atoms with van der Waals surface area (Å²) in [5.74, 6) is 1.57. The molecule has 2 rings (SSSR count).